The maximum atomic E-state index is 11.7. The van der Waals surface area contributed by atoms with Crippen LogP contribution in [0.1, 0.15) is 19.3 Å². The predicted octanol–water partition coefficient (Wildman–Crippen LogP) is 2.06. The molecule has 0 saturated carbocycles. The van der Waals surface area contributed by atoms with Crippen molar-refractivity contribution in [2.24, 2.45) is 5.92 Å². The Balaban J connectivity index is 1.79. The Morgan fingerprint density at radius 2 is 2.53 bits per heavy atom. The van der Waals surface area contributed by atoms with E-state index in [0.29, 0.717) is 23.2 Å². The number of nitrogens with zero attached hydrogens (tertiary/aromatic N) is 1. The fourth-order valence-electron chi connectivity index (χ4n) is 1.97. The van der Waals surface area contributed by atoms with Gasteiger partial charge in [-0.2, -0.15) is 0 Å². The Kier molecular flexibility index (Phi) is 4.34. The summed E-state index contributed by atoms with van der Waals surface area (Å²) in [6.07, 6.45) is 4.22. The zero-order valence-electron chi connectivity index (χ0n) is 9.58. The molecule has 1 unspecified atom stereocenters. The lowest BCUT2D eigenvalue weighted by Gasteiger charge is -2.08. The molecular formula is C12H16ClN3O. The van der Waals surface area contributed by atoms with Gasteiger partial charge in [0, 0.05) is 12.6 Å². The predicted molar refractivity (Wildman–Crippen MR) is 68.1 cm³/mol. The number of aromatic nitrogens is 1. The molecule has 0 aromatic carbocycles. The van der Waals surface area contributed by atoms with E-state index >= 15 is 0 Å². The van der Waals surface area contributed by atoms with E-state index in [4.69, 9.17) is 11.6 Å². The molecule has 0 radical (unpaired) electrons. The summed E-state index contributed by atoms with van der Waals surface area (Å²) < 4.78 is 0. The molecule has 2 rings (SSSR count). The lowest BCUT2D eigenvalue weighted by Crippen LogP contribution is -2.15. The Bertz CT molecular complexity index is 391. The first-order chi connectivity index (χ1) is 8.25. The molecule has 1 aromatic rings. The molecule has 0 spiro atoms. The van der Waals surface area contributed by atoms with E-state index in [1.54, 1.807) is 18.3 Å². The Morgan fingerprint density at radius 1 is 1.65 bits per heavy atom. The van der Waals surface area contributed by atoms with Gasteiger partial charge in [-0.1, -0.05) is 11.6 Å². The van der Waals surface area contributed by atoms with Crippen molar-refractivity contribution < 1.29 is 4.79 Å². The monoisotopic (exact) mass is 253 g/mol. The number of carbonyl (C=O) groups is 1. The lowest BCUT2D eigenvalue weighted by atomic mass is 10.0. The van der Waals surface area contributed by atoms with E-state index in [-0.39, 0.29) is 5.91 Å². The average Bonchev–Trinajstić information content (AvgIpc) is 2.82. The molecule has 1 aliphatic rings. The van der Waals surface area contributed by atoms with Gasteiger partial charge in [0.25, 0.3) is 0 Å². The van der Waals surface area contributed by atoms with Crippen molar-refractivity contribution in [2.45, 2.75) is 19.3 Å². The van der Waals surface area contributed by atoms with Gasteiger partial charge in [-0.15, -0.1) is 0 Å². The Labute approximate surface area is 106 Å². The highest BCUT2D eigenvalue weighted by Gasteiger charge is 2.16. The Hall–Kier alpha value is -1.13. The third kappa shape index (κ3) is 3.68. The molecule has 1 fully saturated rings. The van der Waals surface area contributed by atoms with E-state index in [1.807, 2.05) is 0 Å². The molecule has 0 bridgehead atoms. The third-order valence-corrected chi connectivity index (χ3v) is 3.26. The topological polar surface area (TPSA) is 54.0 Å². The number of pyridine rings is 1. The summed E-state index contributed by atoms with van der Waals surface area (Å²) >= 11 is 5.91. The minimum atomic E-state index is -0.0162. The molecule has 1 amide bonds. The van der Waals surface area contributed by atoms with Gasteiger partial charge in [-0.25, -0.2) is 4.98 Å². The molecule has 2 heterocycles. The minimum absolute atomic E-state index is 0.0162. The number of hydrogen-bond donors (Lipinski definition) is 2. The SMILES string of the molecule is O=C(CCC1CCNC1)Nc1ncccc1Cl. The minimum Gasteiger partial charge on any atom is -0.316 e. The van der Waals surface area contributed by atoms with Crippen molar-refractivity contribution in [3.63, 3.8) is 0 Å². The van der Waals surface area contributed by atoms with E-state index < -0.39 is 0 Å². The summed E-state index contributed by atoms with van der Waals surface area (Å²) in [5, 5.41) is 6.50. The van der Waals surface area contributed by atoms with Crippen LogP contribution in [0.2, 0.25) is 5.02 Å². The average molecular weight is 254 g/mol. The summed E-state index contributed by atoms with van der Waals surface area (Å²) in [6, 6.07) is 3.45. The maximum Gasteiger partial charge on any atom is 0.225 e. The molecular weight excluding hydrogens is 238 g/mol. The van der Waals surface area contributed by atoms with Gasteiger partial charge in [0.2, 0.25) is 5.91 Å². The van der Waals surface area contributed by atoms with Crippen LogP contribution < -0.4 is 10.6 Å². The van der Waals surface area contributed by atoms with Crippen molar-refractivity contribution in [1.29, 1.82) is 0 Å². The van der Waals surface area contributed by atoms with Crippen LogP contribution >= 0.6 is 11.6 Å². The maximum absolute atomic E-state index is 11.7. The highest BCUT2D eigenvalue weighted by Crippen LogP contribution is 2.19. The molecule has 1 aromatic heterocycles. The molecule has 2 N–H and O–H groups in total. The number of nitrogens with one attached hydrogen (secondary N) is 2. The summed E-state index contributed by atoms with van der Waals surface area (Å²) in [5.41, 5.74) is 0. The van der Waals surface area contributed by atoms with Crippen molar-refractivity contribution in [3.05, 3.63) is 23.4 Å². The van der Waals surface area contributed by atoms with Crippen molar-refractivity contribution in [2.75, 3.05) is 18.4 Å². The van der Waals surface area contributed by atoms with E-state index in [9.17, 15) is 4.79 Å². The van der Waals surface area contributed by atoms with Gasteiger partial charge in [-0.05, 0) is 44.0 Å². The second kappa shape index (κ2) is 5.98. The molecule has 1 atom stereocenters. The molecule has 1 saturated heterocycles. The normalized spacial score (nSPS) is 19.2. The number of amides is 1. The van der Waals surface area contributed by atoms with Crippen LogP contribution in [0.4, 0.5) is 5.82 Å². The van der Waals surface area contributed by atoms with Crippen LogP contribution in [-0.4, -0.2) is 24.0 Å². The fourth-order valence-corrected chi connectivity index (χ4v) is 2.14. The number of halogens is 1. The largest absolute Gasteiger partial charge is 0.316 e. The summed E-state index contributed by atoms with van der Waals surface area (Å²) in [5.74, 6) is 1.06. The molecule has 0 aliphatic carbocycles. The van der Waals surface area contributed by atoms with Gasteiger partial charge >= 0.3 is 0 Å². The fraction of sp³-hybridized carbons (Fsp3) is 0.500. The zero-order chi connectivity index (χ0) is 12.1. The molecule has 17 heavy (non-hydrogen) atoms. The highest BCUT2D eigenvalue weighted by molar-refractivity contribution is 6.33. The van der Waals surface area contributed by atoms with Crippen LogP contribution in [0.25, 0.3) is 0 Å². The number of hydrogen-bond acceptors (Lipinski definition) is 3. The quantitative estimate of drug-likeness (QED) is 0.864. The molecule has 92 valence electrons. The van der Waals surface area contributed by atoms with Gasteiger partial charge in [0.05, 0.1) is 5.02 Å². The van der Waals surface area contributed by atoms with E-state index in [1.165, 1.54) is 0 Å². The van der Waals surface area contributed by atoms with Crippen LogP contribution in [0.3, 0.4) is 0 Å². The van der Waals surface area contributed by atoms with Crippen LogP contribution in [0.5, 0.6) is 0 Å². The third-order valence-electron chi connectivity index (χ3n) is 2.96. The first-order valence-electron chi connectivity index (χ1n) is 5.87. The summed E-state index contributed by atoms with van der Waals surface area (Å²) in [7, 11) is 0. The lowest BCUT2D eigenvalue weighted by molar-refractivity contribution is -0.116. The summed E-state index contributed by atoms with van der Waals surface area (Å²) in [6.45, 7) is 2.09. The number of rotatable bonds is 4. The van der Waals surface area contributed by atoms with Gasteiger partial charge < -0.3 is 10.6 Å². The number of carbonyl (C=O) groups excluding carboxylic acids is 1. The molecule has 4 nitrogen and oxygen atoms in total. The van der Waals surface area contributed by atoms with Gasteiger partial charge in [0.1, 0.15) is 0 Å². The van der Waals surface area contributed by atoms with Gasteiger partial charge in [-0.3, -0.25) is 4.79 Å². The van der Waals surface area contributed by atoms with Crippen LogP contribution in [0.15, 0.2) is 18.3 Å². The number of anilines is 1. The molecule has 5 heteroatoms. The molecule has 1 aliphatic heterocycles. The highest BCUT2D eigenvalue weighted by atomic mass is 35.5. The summed E-state index contributed by atoms with van der Waals surface area (Å²) in [4.78, 5) is 15.7. The van der Waals surface area contributed by atoms with Crippen molar-refractivity contribution in [3.8, 4) is 0 Å². The van der Waals surface area contributed by atoms with Crippen LogP contribution in [0, 0.1) is 5.92 Å². The van der Waals surface area contributed by atoms with Crippen molar-refractivity contribution in [1.82, 2.24) is 10.3 Å². The zero-order valence-corrected chi connectivity index (χ0v) is 10.3. The van der Waals surface area contributed by atoms with E-state index in [2.05, 4.69) is 15.6 Å². The second-order valence-corrected chi connectivity index (χ2v) is 4.69. The van der Waals surface area contributed by atoms with Crippen molar-refractivity contribution >= 4 is 23.3 Å². The van der Waals surface area contributed by atoms with Crippen LogP contribution in [-0.2, 0) is 4.79 Å². The first-order valence-corrected chi connectivity index (χ1v) is 6.24. The smallest absolute Gasteiger partial charge is 0.225 e. The standard InChI is InChI=1S/C12H16ClN3O/c13-10-2-1-6-15-12(10)16-11(17)4-3-9-5-7-14-8-9/h1-2,6,9,14H,3-5,7-8H2,(H,15,16,17). The second-order valence-electron chi connectivity index (χ2n) is 4.28. The van der Waals surface area contributed by atoms with E-state index in [0.717, 1.165) is 25.9 Å². The van der Waals surface area contributed by atoms with Gasteiger partial charge in [0.15, 0.2) is 5.82 Å². The Morgan fingerprint density at radius 3 is 3.24 bits per heavy atom. The first kappa shape index (κ1) is 12.3.